The Morgan fingerprint density at radius 2 is 2.11 bits per heavy atom. The molecule has 18 heavy (non-hydrogen) atoms. The second-order valence-corrected chi connectivity index (χ2v) is 5.63. The lowest BCUT2D eigenvalue weighted by molar-refractivity contribution is -0.139. The van der Waals surface area contributed by atoms with Gasteiger partial charge in [-0.05, 0) is 20.8 Å². The number of amides is 1. The average Bonchev–Trinajstić information content (AvgIpc) is 2.62. The molecule has 7 heteroatoms. The number of thiazole rings is 1. The van der Waals surface area contributed by atoms with Crippen LogP contribution in [0.1, 0.15) is 25.6 Å². The highest BCUT2D eigenvalue weighted by Gasteiger charge is 2.17. The number of nitrogens with one attached hydrogen (secondary N) is 1. The Morgan fingerprint density at radius 3 is 2.67 bits per heavy atom. The molecule has 1 rings (SSSR count). The van der Waals surface area contributed by atoms with Gasteiger partial charge < -0.3 is 9.47 Å². The van der Waals surface area contributed by atoms with E-state index in [4.69, 9.17) is 4.74 Å². The predicted molar refractivity (Wildman–Crippen MR) is 67.7 cm³/mol. The lowest BCUT2D eigenvalue weighted by atomic mass is 10.2. The zero-order chi connectivity index (χ0) is 13.8. The second-order valence-electron chi connectivity index (χ2n) is 4.51. The summed E-state index contributed by atoms with van der Waals surface area (Å²) in [6, 6.07) is 0. The minimum Gasteiger partial charge on any atom is -0.469 e. The van der Waals surface area contributed by atoms with Crippen molar-refractivity contribution in [1.29, 1.82) is 0 Å². The van der Waals surface area contributed by atoms with Crippen molar-refractivity contribution < 1.29 is 19.1 Å². The van der Waals surface area contributed by atoms with E-state index < -0.39 is 11.7 Å². The third-order valence-electron chi connectivity index (χ3n) is 1.71. The van der Waals surface area contributed by atoms with Gasteiger partial charge in [0.2, 0.25) is 0 Å². The van der Waals surface area contributed by atoms with Crippen molar-refractivity contribution in [3.05, 3.63) is 11.1 Å². The number of anilines is 1. The zero-order valence-electron chi connectivity index (χ0n) is 10.8. The molecule has 0 aliphatic rings. The highest BCUT2D eigenvalue weighted by atomic mass is 32.1. The Kier molecular flexibility index (Phi) is 4.66. The summed E-state index contributed by atoms with van der Waals surface area (Å²) in [6.07, 6.45) is 1.10. The molecule has 0 aromatic carbocycles. The molecular weight excluding hydrogens is 256 g/mol. The molecule has 1 N–H and O–H groups in total. The Hall–Kier alpha value is -1.63. The van der Waals surface area contributed by atoms with Gasteiger partial charge in [-0.2, -0.15) is 0 Å². The lowest BCUT2D eigenvalue weighted by Crippen LogP contribution is -2.27. The molecule has 0 fully saturated rings. The first-order valence-electron chi connectivity index (χ1n) is 5.31. The van der Waals surface area contributed by atoms with E-state index in [9.17, 15) is 9.59 Å². The molecule has 100 valence electrons. The molecule has 0 bridgehead atoms. The van der Waals surface area contributed by atoms with Crippen molar-refractivity contribution in [2.45, 2.75) is 32.8 Å². The number of carbonyl (C=O) groups excluding carboxylic acids is 2. The van der Waals surface area contributed by atoms with Crippen LogP contribution in [0.3, 0.4) is 0 Å². The van der Waals surface area contributed by atoms with Crippen LogP contribution in [0, 0.1) is 0 Å². The quantitative estimate of drug-likeness (QED) is 0.853. The van der Waals surface area contributed by atoms with Gasteiger partial charge in [0.15, 0.2) is 5.13 Å². The Labute approximate surface area is 109 Å². The third-order valence-corrected chi connectivity index (χ3v) is 2.62. The third kappa shape index (κ3) is 5.13. The number of hydrogen-bond donors (Lipinski definition) is 1. The highest BCUT2D eigenvalue weighted by Crippen LogP contribution is 2.19. The van der Waals surface area contributed by atoms with Crippen molar-refractivity contribution in [1.82, 2.24) is 4.98 Å². The number of carbonyl (C=O) groups is 2. The molecule has 1 heterocycles. The number of hydrogen-bond acceptors (Lipinski definition) is 6. The highest BCUT2D eigenvalue weighted by molar-refractivity contribution is 7.15. The van der Waals surface area contributed by atoms with Crippen LogP contribution in [0.15, 0.2) is 6.20 Å². The van der Waals surface area contributed by atoms with Crippen LogP contribution in [0.25, 0.3) is 0 Å². The van der Waals surface area contributed by atoms with Gasteiger partial charge in [-0.25, -0.2) is 9.78 Å². The van der Waals surface area contributed by atoms with Gasteiger partial charge in [-0.15, -0.1) is 11.3 Å². The van der Waals surface area contributed by atoms with Crippen molar-refractivity contribution in [2.24, 2.45) is 0 Å². The molecule has 0 spiro atoms. The summed E-state index contributed by atoms with van der Waals surface area (Å²) in [7, 11) is 1.32. The largest absolute Gasteiger partial charge is 0.469 e. The first kappa shape index (κ1) is 14.4. The molecule has 6 nitrogen and oxygen atoms in total. The Morgan fingerprint density at radius 1 is 1.44 bits per heavy atom. The molecule has 0 aliphatic heterocycles. The number of esters is 1. The van der Waals surface area contributed by atoms with Crippen LogP contribution >= 0.6 is 11.3 Å². The summed E-state index contributed by atoms with van der Waals surface area (Å²) in [5.74, 6) is -0.345. The van der Waals surface area contributed by atoms with Crippen LogP contribution in [0.4, 0.5) is 9.93 Å². The maximum atomic E-state index is 11.5. The fourth-order valence-corrected chi connectivity index (χ4v) is 1.84. The number of methoxy groups -OCH3 is 1. The normalized spacial score (nSPS) is 10.9. The second kappa shape index (κ2) is 5.81. The van der Waals surface area contributed by atoms with Gasteiger partial charge in [0.1, 0.15) is 5.60 Å². The number of aromatic nitrogens is 1. The monoisotopic (exact) mass is 272 g/mol. The van der Waals surface area contributed by atoms with E-state index >= 15 is 0 Å². The fourth-order valence-electron chi connectivity index (χ4n) is 1.05. The molecule has 0 saturated carbocycles. The van der Waals surface area contributed by atoms with Crippen LogP contribution in [0.5, 0.6) is 0 Å². The summed E-state index contributed by atoms with van der Waals surface area (Å²) in [5.41, 5.74) is -0.559. The number of nitrogens with zero attached hydrogens (tertiary/aromatic N) is 1. The summed E-state index contributed by atoms with van der Waals surface area (Å²) >= 11 is 1.21. The molecule has 0 radical (unpaired) electrons. The van der Waals surface area contributed by atoms with Crippen LogP contribution in [0.2, 0.25) is 0 Å². The van der Waals surface area contributed by atoms with E-state index in [1.807, 2.05) is 0 Å². The Balaban J connectivity index is 2.54. The topological polar surface area (TPSA) is 77.5 Å². The van der Waals surface area contributed by atoms with Crippen molar-refractivity contribution in [3.8, 4) is 0 Å². The smallest absolute Gasteiger partial charge is 0.413 e. The lowest BCUT2D eigenvalue weighted by Gasteiger charge is -2.18. The van der Waals surface area contributed by atoms with Crippen molar-refractivity contribution in [3.63, 3.8) is 0 Å². The molecule has 0 saturated heterocycles. The zero-order valence-corrected chi connectivity index (χ0v) is 11.6. The van der Waals surface area contributed by atoms with Gasteiger partial charge in [-0.1, -0.05) is 0 Å². The molecular formula is C11H16N2O4S. The maximum Gasteiger partial charge on any atom is 0.413 e. The summed E-state index contributed by atoms with van der Waals surface area (Å²) < 4.78 is 9.62. The van der Waals surface area contributed by atoms with Gasteiger partial charge in [0.05, 0.1) is 13.5 Å². The first-order chi connectivity index (χ1) is 8.30. The standard InChI is InChI=1S/C11H16N2O4S/c1-11(2,3)17-10(15)13-9-12-6-7(18-9)5-8(14)16-4/h6H,5H2,1-4H3,(H,12,13,15). The van der Waals surface area contributed by atoms with Gasteiger partial charge in [0, 0.05) is 11.1 Å². The van der Waals surface area contributed by atoms with E-state index in [2.05, 4.69) is 15.0 Å². The molecule has 0 atom stereocenters. The summed E-state index contributed by atoms with van der Waals surface area (Å²) in [4.78, 5) is 27.2. The maximum absolute atomic E-state index is 11.5. The van der Waals surface area contributed by atoms with Crippen LogP contribution in [-0.4, -0.2) is 29.8 Å². The van der Waals surface area contributed by atoms with Gasteiger partial charge in [-0.3, -0.25) is 10.1 Å². The SMILES string of the molecule is COC(=O)Cc1cnc(NC(=O)OC(C)(C)C)s1. The van der Waals surface area contributed by atoms with E-state index in [-0.39, 0.29) is 12.4 Å². The van der Waals surface area contributed by atoms with Crippen LogP contribution in [-0.2, 0) is 20.7 Å². The van der Waals surface area contributed by atoms with E-state index in [0.717, 1.165) is 0 Å². The first-order valence-corrected chi connectivity index (χ1v) is 6.13. The van der Waals surface area contributed by atoms with Crippen molar-refractivity contribution in [2.75, 3.05) is 12.4 Å². The van der Waals surface area contributed by atoms with Crippen molar-refractivity contribution >= 4 is 28.5 Å². The molecule has 0 aliphatic carbocycles. The minimum atomic E-state index is -0.568. The minimum absolute atomic E-state index is 0.143. The van der Waals surface area contributed by atoms with Gasteiger partial charge in [0.25, 0.3) is 0 Å². The van der Waals surface area contributed by atoms with Crippen LogP contribution < -0.4 is 5.32 Å². The summed E-state index contributed by atoms with van der Waals surface area (Å²) in [5, 5.41) is 2.90. The van der Waals surface area contributed by atoms with E-state index in [1.54, 1.807) is 20.8 Å². The number of ether oxygens (including phenoxy) is 2. The Bertz CT molecular complexity index is 436. The molecule has 1 aromatic rings. The molecule has 1 amide bonds. The van der Waals surface area contributed by atoms with E-state index in [0.29, 0.717) is 10.0 Å². The molecule has 1 aromatic heterocycles. The predicted octanol–water partition coefficient (Wildman–Crippen LogP) is 2.21. The number of rotatable bonds is 3. The van der Waals surface area contributed by atoms with Gasteiger partial charge >= 0.3 is 12.1 Å². The summed E-state index contributed by atoms with van der Waals surface area (Å²) in [6.45, 7) is 5.32. The average molecular weight is 272 g/mol. The fraction of sp³-hybridized carbons (Fsp3) is 0.545. The molecule has 0 unspecified atom stereocenters. The van der Waals surface area contributed by atoms with E-state index in [1.165, 1.54) is 24.6 Å².